The monoisotopic (exact) mass is 316 g/mol. The fourth-order valence-corrected chi connectivity index (χ4v) is 4.97. The molecule has 1 saturated carbocycles. The van der Waals surface area contributed by atoms with Gasteiger partial charge in [0.1, 0.15) is 0 Å². The molecule has 0 aromatic rings. The molecule has 0 aromatic heterocycles. The molecule has 1 heteroatoms. The Morgan fingerprint density at radius 1 is 0.870 bits per heavy atom. The topological polar surface area (TPSA) is 17.1 Å². The van der Waals surface area contributed by atoms with Crippen LogP contribution >= 0.6 is 0 Å². The summed E-state index contributed by atoms with van der Waals surface area (Å²) in [5, 5.41) is 0. The van der Waals surface area contributed by atoms with Gasteiger partial charge in [0.15, 0.2) is 5.78 Å². The van der Waals surface area contributed by atoms with E-state index in [1.54, 1.807) is 11.1 Å². The third-order valence-corrected chi connectivity index (χ3v) is 5.72. The molecule has 2 aliphatic carbocycles. The number of hydrogen-bond acceptors (Lipinski definition) is 1. The van der Waals surface area contributed by atoms with Gasteiger partial charge < -0.3 is 0 Å². The molecule has 1 fully saturated rings. The number of hydrogen-bond donors (Lipinski definition) is 0. The SMILES string of the molecule is CCCC1=C(CCC)C(CCC)C2CCCC(=O)C2=C1CCC. The van der Waals surface area contributed by atoms with E-state index >= 15 is 0 Å². The molecule has 0 heterocycles. The van der Waals surface area contributed by atoms with Crippen molar-refractivity contribution in [1.29, 1.82) is 0 Å². The molecule has 130 valence electrons. The molecule has 0 bridgehead atoms. The van der Waals surface area contributed by atoms with E-state index in [0.717, 1.165) is 25.7 Å². The number of allylic oxidation sites excluding steroid dienone is 4. The van der Waals surface area contributed by atoms with Gasteiger partial charge in [-0.25, -0.2) is 0 Å². The minimum Gasteiger partial charge on any atom is -0.295 e. The van der Waals surface area contributed by atoms with Crippen molar-refractivity contribution in [3.63, 3.8) is 0 Å². The Morgan fingerprint density at radius 2 is 1.52 bits per heavy atom. The maximum absolute atomic E-state index is 12.8. The van der Waals surface area contributed by atoms with Crippen LogP contribution in [-0.4, -0.2) is 5.78 Å². The fourth-order valence-electron chi connectivity index (χ4n) is 4.97. The molecule has 2 aliphatic rings. The van der Waals surface area contributed by atoms with Gasteiger partial charge in [-0.1, -0.05) is 59.0 Å². The van der Waals surface area contributed by atoms with E-state index in [2.05, 4.69) is 27.7 Å². The van der Waals surface area contributed by atoms with Crippen LogP contribution in [0.15, 0.2) is 22.3 Å². The summed E-state index contributed by atoms with van der Waals surface area (Å²) in [6.45, 7) is 9.16. The molecule has 2 rings (SSSR count). The lowest BCUT2D eigenvalue weighted by molar-refractivity contribution is -0.117. The maximum Gasteiger partial charge on any atom is 0.159 e. The average Bonchev–Trinajstić information content (AvgIpc) is 2.54. The lowest BCUT2D eigenvalue weighted by Gasteiger charge is -2.41. The molecular weight excluding hydrogens is 280 g/mol. The highest BCUT2D eigenvalue weighted by Crippen LogP contribution is 2.49. The summed E-state index contributed by atoms with van der Waals surface area (Å²) >= 11 is 0. The second-order valence-electron chi connectivity index (χ2n) is 7.46. The van der Waals surface area contributed by atoms with Gasteiger partial charge in [-0.05, 0) is 61.5 Å². The first-order valence-electron chi connectivity index (χ1n) is 10.2. The van der Waals surface area contributed by atoms with Crippen LogP contribution in [0.25, 0.3) is 0 Å². The summed E-state index contributed by atoms with van der Waals surface area (Å²) in [5.41, 5.74) is 6.11. The van der Waals surface area contributed by atoms with Crippen LogP contribution in [0.3, 0.4) is 0 Å². The molecule has 2 atom stereocenters. The normalized spacial score (nSPS) is 25.1. The van der Waals surface area contributed by atoms with Crippen LogP contribution in [0, 0.1) is 11.8 Å². The lowest BCUT2D eigenvalue weighted by atomic mass is 9.63. The summed E-state index contributed by atoms with van der Waals surface area (Å²) < 4.78 is 0. The molecular formula is C22H36O. The number of carbonyl (C=O) groups is 1. The highest BCUT2D eigenvalue weighted by Gasteiger charge is 2.39. The number of fused-ring (bicyclic) bond motifs is 1. The lowest BCUT2D eigenvalue weighted by Crippen LogP contribution is -2.33. The van der Waals surface area contributed by atoms with Crippen molar-refractivity contribution < 1.29 is 4.79 Å². The molecule has 2 unspecified atom stereocenters. The largest absolute Gasteiger partial charge is 0.295 e. The van der Waals surface area contributed by atoms with Crippen LogP contribution < -0.4 is 0 Å². The molecule has 1 nitrogen and oxygen atoms in total. The molecule has 0 saturated heterocycles. The Hall–Kier alpha value is -0.850. The van der Waals surface area contributed by atoms with Crippen molar-refractivity contribution in [2.24, 2.45) is 11.8 Å². The molecule has 0 radical (unpaired) electrons. The van der Waals surface area contributed by atoms with E-state index in [0.29, 0.717) is 17.6 Å². The second-order valence-corrected chi connectivity index (χ2v) is 7.46. The maximum atomic E-state index is 12.8. The summed E-state index contributed by atoms with van der Waals surface area (Å²) in [6.07, 6.45) is 12.8. The third-order valence-electron chi connectivity index (χ3n) is 5.72. The van der Waals surface area contributed by atoms with Crippen LogP contribution in [0.5, 0.6) is 0 Å². The van der Waals surface area contributed by atoms with Crippen molar-refractivity contribution >= 4 is 5.78 Å². The minimum absolute atomic E-state index is 0.481. The van der Waals surface area contributed by atoms with Gasteiger partial charge >= 0.3 is 0 Å². The highest BCUT2D eigenvalue weighted by molar-refractivity contribution is 5.98. The van der Waals surface area contributed by atoms with Crippen molar-refractivity contribution in [2.45, 2.75) is 98.3 Å². The molecule has 0 aromatic carbocycles. The van der Waals surface area contributed by atoms with Crippen LogP contribution in [-0.2, 0) is 4.79 Å². The van der Waals surface area contributed by atoms with Gasteiger partial charge in [-0.3, -0.25) is 4.79 Å². The van der Waals surface area contributed by atoms with Gasteiger partial charge in [0.05, 0.1) is 0 Å². The number of ketones is 1. The first-order valence-corrected chi connectivity index (χ1v) is 10.2. The second kappa shape index (κ2) is 8.85. The summed E-state index contributed by atoms with van der Waals surface area (Å²) in [5.74, 6) is 1.68. The molecule has 0 N–H and O–H groups in total. The van der Waals surface area contributed by atoms with Crippen LogP contribution in [0.1, 0.15) is 98.3 Å². The predicted molar refractivity (Wildman–Crippen MR) is 99.5 cm³/mol. The van der Waals surface area contributed by atoms with Gasteiger partial charge in [-0.15, -0.1) is 0 Å². The zero-order valence-electron chi connectivity index (χ0n) is 15.8. The zero-order valence-corrected chi connectivity index (χ0v) is 15.8. The Kier molecular flexibility index (Phi) is 7.11. The van der Waals surface area contributed by atoms with Gasteiger partial charge in [0.2, 0.25) is 0 Å². The summed E-state index contributed by atoms with van der Waals surface area (Å²) in [7, 11) is 0. The number of Topliss-reactive ketones (excluding diaryl/α,β-unsaturated/α-hetero) is 1. The van der Waals surface area contributed by atoms with Gasteiger partial charge in [0.25, 0.3) is 0 Å². The van der Waals surface area contributed by atoms with Crippen LogP contribution in [0.4, 0.5) is 0 Å². The Balaban J connectivity index is 2.58. The molecule has 0 aliphatic heterocycles. The van der Waals surface area contributed by atoms with E-state index in [1.807, 2.05) is 0 Å². The van der Waals surface area contributed by atoms with Gasteiger partial charge in [0, 0.05) is 12.0 Å². The molecule has 23 heavy (non-hydrogen) atoms. The van der Waals surface area contributed by atoms with Crippen molar-refractivity contribution in [3.8, 4) is 0 Å². The minimum atomic E-state index is 0.481. The predicted octanol–water partition coefficient (Wildman–Crippen LogP) is 6.78. The van der Waals surface area contributed by atoms with E-state index in [1.165, 1.54) is 56.1 Å². The van der Waals surface area contributed by atoms with E-state index in [-0.39, 0.29) is 0 Å². The quantitative estimate of drug-likeness (QED) is 0.482. The number of carbonyl (C=O) groups excluding carboxylic acids is 1. The Labute approximate surface area is 143 Å². The first-order chi connectivity index (χ1) is 11.2. The molecule has 0 spiro atoms. The van der Waals surface area contributed by atoms with E-state index in [9.17, 15) is 4.79 Å². The van der Waals surface area contributed by atoms with Crippen molar-refractivity contribution in [2.75, 3.05) is 0 Å². The summed E-state index contributed by atoms with van der Waals surface area (Å²) in [4.78, 5) is 12.8. The number of rotatable bonds is 8. The summed E-state index contributed by atoms with van der Waals surface area (Å²) in [6, 6.07) is 0. The Bertz CT molecular complexity index is 480. The average molecular weight is 317 g/mol. The standard InChI is InChI=1S/C22H36O/c1-5-10-16-17(11-6-2)19(13-8-4)22-20(18(16)12-7-3)14-9-15-21(22)23/h18,20H,5-15H2,1-4H3. The van der Waals surface area contributed by atoms with Crippen molar-refractivity contribution in [1.82, 2.24) is 0 Å². The van der Waals surface area contributed by atoms with Gasteiger partial charge in [-0.2, -0.15) is 0 Å². The third kappa shape index (κ3) is 3.80. The highest BCUT2D eigenvalue weighted by atomic mass is 16.1. The smallest absolute Gasteiger partial charge is 0.159 e. The zero-order chi connectivity index (χ0) is 16.8. The Morgan fingerprint density at radius 3 is 2.13 bits per heavy atom. The van der Waals surface area contributed by atoms with Crippen molar-refractivity contribution in [3.05, 3.63) is 22.3 Å². The van der Waals surface area contributed by atoms with E-state index in [4.69, 9.17) is 0 Å². The fraction of sp³-hybridized carbons (Fsp3) is 0.773. The van der Waals surface area contributed by atoms with E-state index < -0.39 is 0 Å². The first kappa shape index (κ1) is 18.5. The molecule has 0 amide bonds. The van der Waals surface area contributed by atoms with Crippen LogP contribution in [0.2, 0.25) is 0 Å².